The minimum absolute atomic E-state index is 0.258. The molecule has 0 fully saturated rings. The van der Waals surface area contributed by atoms with Crippen LogP contribution in [0.4, 0.5) is 0 Å². The minimum Gasteiger partial charge on any atom is -0.0901 e. The molecule has 0 N–H and O–H groups in total. The van der Waals surface area contributed by atoms with E-state index in [2.05, 4.69) is 115 Å². The largest absolute Gasteiger partial charge is 0.241 e. The lowest BCUT2D eigenvalue weighted by molar-refractivity contribution is 1.41. The molecule has 124 valence electrons. The Bertz CT molecular complexity index is 896. The van der Waals surface area contributed by atoms with Gasteiger partial charge in [-0.05, 0) is 24.3 Å². The molecule has 0 heterocycles. The van der Waals surface area contributed by atoms with Crippen LogP contribution in [0.15, 0.2) is 125 Å². The lowest BCUT2D eigenvalue weighted by Crippen LogP contribution is -2.51. The summed E-state index contributed by atoms with van der Waals surface area (Å²) in [6.45, 7) is 0.258. The molecule has 0 nitrogen and oxygen atoms in total. The Hall–Kier alpha value is -2.71. The molecule has 0 bridgehead atoms. The van der Waals surface area contributed by atoms with Crippen molar-refractivity contribution in [3.8, 4) is 0 Å². The topological polar surface area (TPSA) is 0 Å². The van der Waals surface area contributed by atoms with Gasteiger partial charge in [-0.25, -0.2) is 0 Å². The second-order valence-corrected chi connectivity index (χ2v) is 7.39. The van der Waals surface area contributed by atoms with Crippen LogP contribution in [0.3, 0.4) is 0 Å². The van der Waals surface area contributed by atoms with Crippen LogP contribution < -0.4 is 16.4 Å². The van der Waals surface area contributed by atoms with Crippen molar-refractivity contribution in [2.24, 2.45) is 0 Å². The van der Waals surface area contributed by atoms with Crippen LogP contribution in [0, 0.1) is 0 Å². The molecular weight excluding hydrogens is 331 g/mol. The highest BCUT2D eigenvalue weighted by Gasteiger charge is 2.20. The van der Waals surface area contributed by atoms with E-state index in [1.165, 1.54) is 26.2 Å². The first-order chi connectivity index (χ1) is 12.9. The summed E-state index contributed by atoms with van der Waals surface area (Å²) in [5.41, 5.74) is 3.96. The van der Waals surface area contributed by atoms with Crippen LogP contribution in [0.1, 0.15) is 0 Å². The molecule has 4 aromatic carbocycles. The molecule has 0 aromatic heterocycles. The molecule has 2 heteroatoms. The Morgan fingerprint density at radius 1 is 0.385 bits per heavy atom. The Morgan fingerprint density at radius 2 is 0.769 bits per heavy atom. The van der Waals surface area contributed by atoms with E-state index in [0.717, 1.165) is 0 Å². The molecule has 0 atom stereocenters. The second-order valence-electron chi connectivity index (χ2n) is 6.24. The zero-order chi connectivity index (χ0) is 17.6. The van der Waals surface area contributed by atoms with Gasteiger partial charge in [0.25, 0.3) is 0 Å². The predicted molar refractivity (Wildman–Crippen MR) is 115 cm³/mol. The quantitative estimate of drug-likeness (QED) is 0.482. The number of hydrogen-bond donors (Lipinski definition) is 0. The second kappa shape index (κ2) is 8.12. The highest BCUT2D eigenvalue weighted by Crippen LogP contribution is 2.26. The number of hydrogen-bond acceptors (Lipinski definition) is 1. The number of benzene rings is 4. The summed E-state index contributed by atoms with van der Waals surface area (Å²) >= 11 is 1.80. The van der Waals surface area contributed by atoms with Crippen molar-refractivity contribution >= 4 is 34.9 Å². The molecule has 0 unspecified atom stereocenters. The average Bonchev–Trinajstić information content (AvgIpc) is 2.72. The molecule has 4 rings (SSSR count). The van der Waals surface area contributed by atoms with E-state index in [1.807, 2.05) is 0 Å². The summed E-state index contributed by atoms with van der Waals surface area (Å²) in [7, 11) is 0. The fourth-order valence-corrected chi connectivity index (χ4v) is 4.06. The first-order valence-corrected chi connectivity index (χ1v) is 9.64. The van der Waals surface area contributed by atoms with Gasteiger partial charge in [0.05, 0.1) is 0 Å². The summed E-state index contributed by atoms with van der Waals surface area (Å²) in [4.78, 5) is 2.53. The van der Waals surface area contributed by atoms with Crippen LogP contribution >= 0.6 is 11.8 Å². The lowest BCUT2D eigenvalue weighted by Gasteiger charge is -2.16. The van der Waals surface area contributed by atoms with Gasteiger partial charge in [0.1, 0.15) is 0 Å². The van der Waals surface area contributed by atoms with Gasteiger partial charge in [-0.3, -0.25) is 0 Å². The van der Waals surface area contributed by atoms with Gasteiger partial charge in [-0.2, -0.15) is 0 Å². The molecular formula is C24H19BS. The summed E-state index contributed by atoms with van der Waals surface area (Å²) in [6.07, 6.45) is 0. The van der Waals surface area contributed by atoms with Crippen molar-refractivity contribution in [2.75, 3.05) is 0 Å². The van der Waals surface area contributed by atoms with E-state index in [-0.39, 0.29) is 6.71 Å². The maximum absolute atomic E-state index is 2.26. The van der Waals surface area contributed by atoms with Gasteiger partial charge in [-0.1, -0.05) is 119 Å². The van der Waals surface area contributed by atoms with Gasteiger partial charge < -0.3 is 0 Å². The Morgan fingerprint density at radius 3 is 1.27 bits per heavy atom. The molecule has 0 saturated carbocycles. The van der Waals surface area contributed by atoms with E-state index < -0.39 is 0 Å². The van der Waals surface area contributed by atoms with E-state index in [1.54, 1.807) is 11.8 Å². The van der Waals surface area contributed by atoms with Crippen molar-refractivity contribution in [3.63, 3.8) is 0 Å². The average molecular weight is 350 g/mol. The van der Waals surface area contributed by atoms with Crippen molar-refractivity contribution in [1.82, 2.24) is 0 Å². The normalized spacial score (nSPS) is 10.5. The first kappa shape index (κ1) is 16.7. The van der Waals surface area contributed by atoms with Crippen LogP contribution in [0.5, 0.6) is 0 Å². The van der Waals surface area contributed by atoms with Crippen LogP contribution in [0.25, 0.3) is 0 Å². The third kappa shape index (κ3) is 3.92. The molecule has 0 spiro atoms. The molecule has 4 aromatic rings. The van der Waals surface area contributed by atoms with Crippen LogP contribution in [-0.2, 0) is 0 Å². The third-order valence-corrected chi connectivity index (χ3v) is 5.47. The van der Waals surface area contributed by atoms with E-state index in [0.29, 0.717) is 0 Å². The van der Waals surface area contributed by atoms with Crippen molar-refractivity contribution in [1.29, 1.82) is 0 Å². The van der Waals surface area contributed by atoms with Crippen molar-refractivity contribution < 1.29 is 0 Å². The summed E-state index contributed by atoms with van der Waals surface area (Å²) < 4.78 is 0. The molecule has 0 saturated heterocycles. The number of rotatable bonds is 5. The molecule has 0 aliphatic rings. The zero-order valence-electron chi connectivity index (χ0n) is 14.5. The summed E-state index contributed by atoms with van der Waals surface area (Å²) in [6, 6.07) is 41.0. The summed E-state index contributed by atoms with van der Waals surface area (Å²) in [5.74, 6) is 0. The van der Waals surface area contributed by atoms with Crippen LogP contribution in [-0.4, -0.2) is 6.71 Å². The van der Waals surface area contributed by atoms with Crippen molar-refractivity contribution in [2.45, 2.75) is 9.79 Å². The predicted octanol–water partition coefficient (Wildman–Crippen LogP) is 4.35. The summed E-state index contributed by atoms with van der Waals surface area (Å²) in [5, 5.41) is 0. The van der Waals surface area contributed by atoms with E-state index in [4.69, 9.17) is 0 Å². The van der Waals surface area contributed by atoms with Gasteiger partial charge in [0, 0.05) is 9.79 Å². The van der Waals surface area contributed by atoms with Gasteiger partial charge >= 0.3 is 0 Å². The fourth-order valence-electron chi connectivity index (χ4n) is 3.22. The standard InChI is InChI=1S/C24H19BS/c1-4-10-20(11-5-1)25(21-12-6-2-7-13-21)22-16-18-24(19-17-22)26-23-14-8-3-9-15-23/h1-19H. The zero-order valence-corrected chi connectivity index (χ0v) is 15.3. The van der Waals surface area contributed by atoms with Gasteiger partial charge in [-0.15, -0.1) is 0 Å². The maximum Gasteiger partial charge on any atom is 0.241 e. The lowest BCUT2D eigenvalue weighted by atomic mass is 9.37. The monoisotopic (exact) mass is 350 g/mol. The van der Waals surface area contributed by atoms with E-state index >= 15 is 0 Å². The molecule has 0 aliphatic heterocycles. The van der Waals surface area contributed by atoms with Crippen LogP contribution in [0.2, 0.25) is 0 Å². The minimum atomic E-state index is 0.258. The highest BCUT2D eigenvalue weighted by molar-refractivity contribution is 7.99. The molecule has 0 aliphatic carbocycles. The highest BCUT2D eigenvalue weighted by atomic mass is 32.2. The molecule has 0 amide bonds. The Kier molecular flexibility index (Phi) is 5.23. The Labute approximate surface area is 160 Å². The van der Waals surface area contributed by atoms with Gasteiger partial charge in [0.15, 0.2) is 0 Å². The van der Waals surface area contributed by atoms with Crippen molar-refractivity contribution in [3.05, 3.63) is 115 Å². The maximum atomic E-state index is 2.26. The Balaban J connectivity index is 1.66. The SMILES string of the molecule is c1ccc(Sc2ccc(B(c3ccccc3)c3ccccc3)cc2)cc1. The third-order valence-electron chi connectivity index (χ3n) is 4.46. The first-order valence-electron chi connectivity index (χ1n) is 8.83. The molecule has 26 heavy (non-hydrogen) atoms. The van der Waals surface area contributed by atoms with E-state index in [9.17, 15) is 0 Å². The fraction of sp³-hybridized carbons (Fsp3) is 0. The molecule has 0 radical (unpaired) electrons. The van der Waals surface area contributed by atoms with Gasteiger partial charge in [0.2, 0.25) is 6.71 Å². The smallest absolute Gasteiger partial charge is 0.0901 e.